The quantitative estimate of drug-likeness (QED) is 0.246. The van der Waals surface area contributed by atoms with Crippen LogP contribution >= 0.6 is 11.8 Å². The molecule has 3 aromatic carbocycles. The Morgan fingerprint density at radius 1 is 0.875 bits per heavy atom. The first-order valence-electron chi connectivity index (χ1n) is 12.4. The Morgan fingerprint density at radius 3 is 2.17 bits per heavy atom. The number of nitrogens with one attached hydrogen (secondary N) is 2. The number of alkyl halides is 3. The van der Waals surface area contributed by atoms with Gasteiger partial charge in [-0.15, -0.1) is 10.2 Å². The summed E-state index contributed by atoms with van der Waals surface area (Å²) < 4.78 is 41.6. The van der Waals surface area contributed by atoms with Crippen LogP contribution < -0.4 is 10.6 Å². The van der Waals surface area contributed by atoms with E-state index in [0.29, 0.717) is 22.2 Å². The van der Waals surface area contributed by atoms with E-state index in [1.807, 2.05) is 42.5 Å². The van der Waals surface area contributed by atoms with E-state index in [0.717, 1.165) is 23.4 Å². The van der Waals surface area contributed by atoms with Gasteiger partial charge in [0.05, 0.1) is 23.5 Å². The number of benzene rings is 3. The molecule has 0 radical (unpaired) electrons. The molecule has 0 bridgehead atoms. The molecule has 208 valence electrons. The first-order valence-corrected chi connectivity index (χ1v) is 13.4. The maximum absolute atomic E-state index is 13.3. The summed E-state index contributed by atoms with van der Waals surface area (Å²) in [5, 5.41) is 13.9. The number of aromatic nitrogens is 3. The predicted octanol–water partition coefficient (Wildman–Crippen LogP) is 6.24. The molecule has 0 saturated carbocycles. The summed E-state index contributed by atoms with van der Waals surface area (Å²) in [5.41, 5.74) is 1.05. The number of hydrogen-bond acceptors (Lipinski definition) is 5. The number of carbonyl (C=O) groups is 2. The standard InChI is InChI=1S/C29H28F3N5O2S/c1-28(2,3)20-15-13-19(14-16-20)26(39)33-17-24-35-36-27(37(24)21-9-5-4-6-10-21)40-18-25(38)34-23-12-8-7-11-22(23)29(30,31)32/h4-16H,17-18H2,1-3H3,(H,33,39)(H,34,38). The van der Waals surface area contributed by atoms with Gasteiger partial charge in [-0.05, 0) is 47.4 Å². The number of anilines is 1. The molecule has 2 amide bonds. The molecule has 1 heterocycles. The Morgan fingerprint density at radius 2 is 1.52 bits per heavy atom. The van der Waals surface area contributed by atoms with E-state index in [9.17, 15) is 22.8 Å². The molecule has 0 atom stereocenters. The predicted molar refractivity (Wildman–Crippen MR) is 148 cm³/mol. The van der Waals surface area contributed by atoms with E-state index >= 15 is 0 Å². The van der Waals surface area contributed by atoms with Gasteiger partial charge in [0, 0.05) is 11.3 Å². The van der Waals surface area contributed by atoms with Gasteiger partial charge in [0.15, 0.2) is 11.0 Å². The monoisotopic (exact) mass is 567 g/mol. The molecule has 0 unspecified atom stereocenters. The first-order chi connectivity index (χ1) is 18.9. The Kier molecular flexibility index (Phi) is 8.63. The molecule has 1 aromatic heterocycles. The number of carbonyl (C=O) groups excluding carboxylic acids is 2. The topological polar surface area (TPSA) is 88.9 Å². The molecule has 0 aliphatic rings. The van der Waals surface area contributed by atoms with Crippen molar-refractivity contribution < 1.29 is 22.8 Å². The molecule has 0 spiro atoms. The second-order valence-corrected chi connectivity index (χ2v) is 10.9. The van der Waals surface area contributed by atoms with Gasteiger partial charge in [-0.25, -0.2) is 0 Å². The number of rotatable bonds is 8. The Hall–Kier alpha value is -4.12. The van der Waals surface area contributed by atoms with Crippen LogP contribution in [-0.4, -0.2) is 32.3 Å². The maximum atomic E-state index is 13.3. The molecule has 0 saturated heterocycles. The molecule has 4 aromatic rings. The van der Waals surface area contributed by atoms with Gasteiger partial charge >= 0.3 is 6.18 Å². The SMILES string of the molecule is CC(C)(C)c1ccc(C(=O)NCc2nnc(SCC(=O)Nc3ccccc3C(F)(F)F)n2-c2ccccc2)cc1. The van der Waals surface area contributed by atoms with Gasteiger partial charge in [0.2, 0.25) is 5.91 Å². The second-order valence-electron chi connectivity index (χ2n) is 9.96. The van der Waals surface area contributed by atoms with Crippen LogP contribution in [-0.2, 0) is 22.9 Å². The van der Waals surface area contributed by atoms with Crippen LogP contribution in [0.5, 0.6) is 0 Å². The van der Waals surface area contributed by atoms with Crippen LogP contribution in [0, 0.1) is 0 Å². The minimum absolute atomic E-state index is 0.0339. The Labute approximate surface area is 234 Å². The van der Waals surface area contributed by atoms with E-state index in [1.165, 1.54) is 18.2 Å². The number of halogens is 3. The van der Waals surface area contributed by atoms with Crippen LogP contribution in [0.2, 0.25) is 0 Å². The Bertz CT molecular complexity index is 1480. The highest BCUT2D eigenvalue weighted by Crippen LogP contribution is 2.34. The number of para-hydroxylation sites is 2. The van der Waals surface area contributed by atoms with Crippen molar-refractivity contribution in [2.24, 2.45) is 0 Å². The minimum Gasteiger partial charge on any atom is -0.345 e. The third-order valence-electron chi connectivity index (χ3n) is 5.97. The average Bonchev–Trinajstić information content (AvgIpc) is 3.33. The van der Waals surface area contributed by atoms with Crippen molar-refractivity contribution in [2.45, 2.75) is 44.1 Å². The van der Waals surface area contributed by atoms with Crippen LogP contribution in [0.15, 0.2) is 84.0 Å². The van der Waals surface area contributed by atoms with Gasteiger partial charge in [-0.2, -0.15) is 13.2 Å². The molecule has 4 rings (SSSR count). The van der Waals surface area contributed by atoms with Crippen molar-refractivity contribution in [3.05, 3.63) is 101 Å². The molecule has 40 heavy (non-hydrogen) atoms. The second kappa shape index (κ2) is 12.0. The fourth-order valence-electron chi connectivity index (χ4n) is 3.88. The van der Waals surface area contributed by atoms with E-state index < -0.39 is 17.6 Å². The molecule has 0 aliphatic heterocycles. The summed E-state index contributed by atoms with van der Waals surface area (Å²) in [6.45, 7) is 6.35. The van der Waals surface area contributed by atoms with Crippen molar-refractivity contribution in [3.63, 3.8) is 0 Å². The third-order valence-corrected chi connectivity index (χ3v) is 6.90. The summed E-state index contributed by atoms with van der Waals surface area (Å²) in [6, 6.07) is 21.3. The zero-order valence-electron chi connectivity index (χ0n) is 22.1. The van der Waals surface area contributed by atoms with Gasteiger partial charge in [-0.3, -0.25) is 14.2 Å². The fraction of sp³-hybridized carbons (Fsp3) is 0.241. The van der Waals surface area contributed by atoms with Crippen LogP contribution in [0.25, 0.3) is 5.69 Å². The summed E-state index contributed by atoms with van der Waals surface area (Å²) >= 11 is 1.02. The minimum atomic E-state index is -4.60. The molecular weight excluding hydrogens is 539 g/mol. The van der Waals surface area contributed by atoms with E-state index in [4.69, 9.17) is 0 Å². The van der Waals surface area contributed by atoms with E-state index in [-0.39, 0.29) is 29.3 Å². The summed E-state index contributed by atoms with van der Waals surface area (Å²) in [5.74, 6) is -0.682. The van der Waals surface area contributed by atoms with Gasteiger partial charge in [-0.1, -0.05) is 75.0 Å². The maximum Gasteiger partial charge on any atom is 0.418 e. The lowest BCUT2D eigenvalue weighted by Gasteiger charge is -2.19. The van der Waals surface area contributed by atoms with Gasteiger partial charge in [0.25, 0.3) is 5.91 Å². The highest BCUT2D eigenvalue weighted by Gasteiger charge is 2.33. The lowest BCUT2D eigenvalue weighted by Crippen LogP contribution is -2.25. The molecule has 7 nitrogen and oxygen atoms in total. The molecule has 0 fully saturated rings. The molecule has 2 N–H and O–H groups in total. The molecular formula is C29H28F3N5O2S. The molecule has 11 heteroatoms. The highest BCUT2D eigenvalue weighted by atomic mass is 32.2. The first kappa shape index (κ1) is 28.9. The zero-order chi connectivity index (χ0) is 28.9. The number of hydrogen-bond donors (Lipinski definition) is 2. The van der Waals surface area contributed by atoms with Gasteiger partial charge < -0.3 is 10.6 Å². The average molecular weight is 568 g/mol. The third kappa shape index (κ3) is 7.09. The van der Waals surface area contributed by atoms with Crippen molar-refractivity contribution in [3.8, 4) is 5.69 Å². The van der Waals surface area contributed by atoms with Crippen LogP contribution in [0.3, 0.4) is 0 Å². The lowest BCUT2D eigenvalue weighted by molar-refractivity contribution is -0.137. The highest BCUT2D eigenvalue weighted by molar-refractivity contribution is 7.99. The largest absolute Gasteiger partial charge is 0.418 e. The Balaban J connectivity index is 1.47. The fourth-order valence-corrected chi connectivity index (χ4v) is 4.65. The lowest BCUT2D eigenvalue weighted by atomic mass is 9.87. The number of amides is 2. The summed E-state index contributed by atoms with van der Waals surface area (Å²) in [6.07, 6.45) is -4.60. The van der Waals surface area contributed by atoms with Gasteiger partial charge in [0.1, 0.15) is 0 Å². The van der Waals surface area contributed by atoms with Crippen molar-refractivity contribution in [2.75, 3.05) is 11.1 Å². The van der Waals surface area contributed by atoms with Crippen molar-refractivity contribution >= 4 is 29.3 Å². The number of nitrogens with zero attached hydrogens (tertiary/aromatic N) is 3. The van der Waals surface area contributed by atoms with E-state index in [2.05, 4.69) is 41.6 Å². The van der Waals surface area contributed by atoms with Crippen molar-refractivity contribution in [1.29, 1.82) is 0 Å². The number of thioether (sulfide) groups is 1. The normalized spacial score (nSPS) is 11.8. The summed E-state index contributed by atoms with van der Waals surface area (Å²) in [7, 11) is 0. The van der Waals surface area contributed by atoms with Crippen LogP contribution in [0.1, 0.15) is 48.1 Å². The zero-order valence-corrected chi connectivity index (χ0v) is 22.9. The molecule has 0 aliphatic carbocycles. The summed E-state index contributed by atoms with van der Waals surface area (Å²) in [4.78, 5) is 25.4. The van der Waals surface area contributed by atoms with Crippen LogP contribution in [0.4, 0.5) is 18.9 Å². The smallest absolute Gasteiger partial charge is 0.345 e. The van der Waals surface area contributed by atoms with E-state index in [1.54, 1.807) is 16.7 Å². The van der Waals surface area contributed by atoms with Crippen molar-refractivity contribution in [1.82, 2.24) is 20.1 Å².